The normalized spacial score (nSPS) is 9.80. The molecule has 0 bridgehead atoms. The van der Waals surface area contributed by atoms with Crippen LogP contribution < -0.4 is 0 Å². The summed E-state index contributed by atoms with van der Waals surface area (Å²) in [6.07, 6.45) is 0. The van der Waals surface area contributed by atoms with Crippen LogP contribution in [0.5, 0.6) is 5.75 Å². The van der Waals surface area contributed by atoms with Crippen LogP contribution >= 0.6 is 0 Å². The fourth-order valence-corrected chi connectivity index (χ4v) is 1.79. The number of phenols is 1. The molecular weight excluding hydrogens is 252 g/mol. The van der Waals surface area contributed by atoms with Crippen molar-refractivity contribution in [3.05, 3.63) is 65.2 Å². The number of aryl methyl sites for hydroxylation is 1. The number of benzene rings is 2. The van der Waals surface area contributed by atoms with Crippen LogP contribution in [0.2, 0.25) is 0 Å². The van der Waals surface area contributed by atoms with Gasteiger partial charge in [-0.25, -0.2) is 4.79 Å². The molecule has 0 atom stereocenters. The van der Waals surface area contributed by atoms with E-state index in [0.29, 0.717) is 5.56 Å². The summed E-state index contributed by atoms with van der Waals surface area (Å²) in [5.41, 5.74) is 1.51. The zero-order valence-electron chi connectivity index (χ0n) is 12.0. The highest BCUT2D eigenvalue weighted by Gasteiger charge is 2.15. The Labute approximate surface area is 119 Å². The van der Waals surface area contributed by atoms with Crippen molar-refractivity contribution in [1.29, 1.82) is 0 Å². The fourth-order valence-electron chi connectivity index (χ4n) is 1.79. The molecule has 20 heavy (non-hydrogen) atoms. The Hall–Kier alpha value is -2.29. The lowest BCUT2D eigenvalue weighted by molar-refractivity contribution is 0.0693. The third kappa shape index (κ3) is 4.43. The topological polar surface area (TPSA) is 57.5 Å². The first-order valence-electron chi connectivity index (χ1n) is 6.50. The minimum absolute atomic E-state index is 0.0197. The molecule has 0 heterocycles. The molecule has 3 nitrogen and oxygen atoms in total. The van der Waals surface area contributed by atoms with E-state index in [0.717, 1.165) is 5.56 Å². The lowest BCUT2D eigenvalue weighted by atomic mass is 9.96. The van der Waals surface area contributed by atoms with Gasteiger partial charge in [-0.1, -0.05) is 56.3 Å². The summed E-state index contributed by atoms with van der Waals surface area (Å²) in [7, 11) is 0. The third-order valence-corrected chi connectivity index (χ3v) is 2.80. The van der Waals surface area contributed by atoms with Gasteiger partial charge in [0.05, 0.1) is 0 Å². The van der Waals surface area contributed by atoms with Gasteiger partial charge in [0, 0.05) is 0 Å². The van der Waals surface area contributed by atoms with Gasteiger partial charge < -0.3 is 10.2 Å². The second-order valence-corrected chi connectivity index (χ2v) is 4.86. The number of carbonyl (C=O) groups is 1. The van der Waals surface area contributed by atoms with Gasteiger partial charge in [-0.05, 0) is 30.0 Å². The molecule has 2 rings (SSSR count). The average molecular weight is 272 g/mol. The fraction of sp³-hybridized carbons (Fsp3) is 0.235. The lowest BCUT2D eigenvalue weighted by Gasteiger charge is -2.11. The van der Waals surface area contributed by atoms with Crippen LogP contribution in [0, 0.1) is 6.92 Å². The van der Waals surface area contributed by atoms with Crippen molar-refractivity contribution in [2.75, 3.05) is 0 Å². The summed E-state index contributed by atoms with van der Waals surface area (Å²) in [6, 6.07) is 15.3. The standard InChI is InChI=1S/C11H14O3.C6H6/c1-6(2)8-4-7(3)5-9(10(8)12)11(13)14;1-2-4-6-5-3-1/h4-6,12H,1-3H3,(H,13,14);1-6H. The predicted octanol–water partition coefficient (Wildman–Crippen LogP) is 4.21. The summed E-state index contributed by atoms with van der Waals surface area (Å²) in [4.78, 5) is 10.8. The Bertz CT molecular complexity index is 533. The maximum atomic E-state index is 10.8. The quantitative estimate of drug-likeness (QED) is 0.861. The number of hydrogen-bond acceptors (Lipinski definition) is 2. The van der Waals surface area contributed by atoms with Gasteiger partial charge in [0.1, 0.15) is 11.3 Å². The van der Waals surface area contributed by atoms with Crippen LogP contribution in [-0.2, 0) is 0 Å². The molecular formula is C17H20O3. The molecule has 106 valence electrons. The van der Waals surface area contributed by atoms with Crippen LogP contribution in [0.15, 0.2) is 48.5 Å². The van der Waals surface area contributed by atoms with Crippen molar-refractivity contribution >= 4 is 5.97 Å². The molecule has 0 radical (unpaired) electrons. The van der Waals surface area contributed by atoms with E-state index in [4.69, 9.17) is 5.11 Å². The summed E-state index contributed by atoms with van der Waals surface area (Å²) >= 11 is 0. The van der Waals surface area contributed by atoms with Gasteiger partial charge in [0.15, 0.2) is 0 Å². The van der Waals surface area contributed by atoms with Gasteiger partial charge in [-0.2, -0.15) is 0 Å². The number of aromatic carboxylic acids is 1. The Morgan fingerprint density at radius 2 is 1.45 bits per heavy atom. The Kier molecular flexibility index (Phi) is 5.78. The van der Waals surface area contributed by atoms with E-state index < -0.39 is 5.97 Å². The number of hydrogen-bond donors (Lipinski definition) is 2. The molecule has 2 N–H and O–H groups in total. The Balaban J connectivity index is 0.000000276. The second kappa shape index (κ2) is 7.34. The van der Waals surface area contributed by atoms with Crippen LogP contribution in [0.3, 0.4) is 0 Å². The van der Waals surface area contributed by atoms with E-state index in [1.807, 2.05) is 63.2 Å². The van der Waals surface area contributed by atoms with Gasteiger partial charge in [0.25, 0.3) is 0 Å². The molecule has 0 saturated heterocycles. The van der Waals surface area contributed by atoms with Crippen LogP contribution in [-0.4, -0.2) is 16.2 Å². The minimum Gasteiger partial charge on any atom is -0.507 e. The number of rotatable bonds is 2. The van der Waals surface area contributed by atoms with Crippen LogP contribution in [0.25, 0.3) is 0 Å². The van der Waals surface area contributed by atoms with E-state index >= 15 is 0 Å². The summed E-state index contributed by atoms with van der Waals surface area (Å²) < 4.78 is 0. The van der Waals surface area contributed by atoms with E-state index in [2.05, 4.69) is 0 Å². The van der Waals surface area contributed by atoms with Crippen molar-refractivity contribution in [3.63, 3.8) is 0 Å². The maximum absolute atomic E-state index is 10.8. The Morgan fingerprint density at radius 3 is 1.80 bits per heavy atom. The van der Waals surface area contributed by atoms with Gasteiger partial charge in [-0.3, -0.25) is 0 Å². The Morgan fingerprint density at radius 1 is 1.00 bits per heavy atom. The third-order valence-electron chi connectivity index (χ3n) is 2.80. The molecule has 0 aromatic heterocycles. The van der Waals surface area contributed by atoms with Crippen molar-refractivity contribution < 1.29 is 15.0 Å². The predicted molar refractivity (Wildman–Crippen MR) is 80.3 cm³/mol. The summed E-state index contributed by atoms with van der Waals surface area (Å²) in [5, 5.41) is 18.5. The van der Waals surface area contributed by atoms with E-state index in [1.165, 1.54) is 6.07 Å². The van der Waals surface area contributed by atoms with Crippen LogP contribution in [0.4, 0.5) is 0 Å². The summed E-state index contributed by atoms with van der Waals surface area (Å²) in [6.45, 7) is 5.65. The highest BCUT2D eigenvalue weighted by atomic mass is 16.4. The molecule has 0 aliphatic carbocycles. The van der Waals surface area contributed by atoms with Gasteiger partial charge >= 0.3 is 5.97 Å². The molecule has 2 aromatic rings. The zero-order valence-corrected chi connectivity index (χ0v) is 12.0. The highest BCUT2D eigenvalue weighted by molar-refractivity contribution is 5.91. The van der Waals surface area contributed by atoms with Gasteiger partial charge in [0.2, 0.25) is 0 Å². The molecule has 0 aliphatic rings. The molecule has 0 fully saturated rings. The second-order valence-electron chi connectivity index (χ2n) is 4.86. The number of carboxylic acids is 1. The maximum Gasteiger partial charge on any atom is 0.339 e. The molecule has 0 spiro atoms. The summed E-state index contributed by atoms with van der Waals surface area (Å²) in [5.74, 6) is -1.08. The SMILES string of the molecule is Cc1cc(C(=O)O)c(O)c(C(C)C)c1.c1ccccc1. The zero-order chi connectivity index (χ0) is 15.1. The monoisotopic (exact) mass is 272 g/mol. The first-order valence-corrected chi connectivity index (χ1v) is 6.50. The van der Waals surface area contributed by atoms with Crippen molar-refractivity contribution in [2.24, 2.45) is 0 Å². The van der Waals surface area contributed by atoms with Crippen molar-refractivity contribution in [1.82, 2.24) is 0 Å². The molecule has 2 aromatic carbocycles. The number of carboxylic acid groups (broad SMARTS) is 1. The molecule has 0 saturated carbocycles. The first kappa shape index (κ1) is 15.8. The van der Waals surface area contributed by atoms with E-state index in [-0.39, 0.29) is 17.2 Å². The minimum atomic E-state index is -1.09. The van der Waals surface area contributed by atoms with E-state index in [9.17, 15) is 9.90 Å². The highest BCUT2D eigenvalue weighted by Crippen LogP contribution is 2.30. The average Bonchev–Trinajstić information content (AvgIpc) is 2.43. The van der Waals surface area contributed by atoms with Crippen LogP contribution in [0.1, 0.15) is 41.3 Å². The molecule has 0 unspecified atom stereocenters. The molecule has 0 amide bonds. The first-order chi connectivity index (χ1) is 9.43. The van der Waals surface area contributed by atoms with Crippen molar-refractivity contribution in [3.8, 4) is 5.75 Å². The van der Waals surface area contributed by atoms with Gasteiger partial charge in [-0.15, -0.1) is 0 Å². The molecule has 0 aliphatic heterocycles. The number of aromatic hydroxyl groups is 1. The van der Waals surface area contributed by atoms with Crippen molar-refractivity contribution in [2.45, 2.75) is 26.7 Å². The molecule has 3 heteroatoms. The largest absolute Gasteiger partial charge is 0.507 e. The lowest BCUT2D eigenvalue weighted by Crippen LogP contribution is -2.01. The smallest absolute Gasteiger partial charge is 0.339 e. The van der Waals surface area contributed by atoms with E-state index in [1.54, 1.807) is 0 Å².